The second-order valence-electron chi connectivity index (χ2n) is 5.48. The fourth-order valence-corrected chi connectivity index (χ4v) is 2.19. The molecule has 21 heavy (non-hydrogen) atoms. The SMILES string of the molecule is CC1(C)Cc2cc(N/N=C(\C#N)C(=N)N)ccc2C(=O)N1. The van der Waals surface area contributed by atoms with Crippen molar-refractivity contribution in [2.75, 3.05) is 5.43 Å². The molecule has 0 aromatic heterocycles. The molecule has 108 valence electrons. The smallest absolute Gasteiger partial charge is 0.251 e. The van der Waals surface area contributed by atoms with Crippen molar-refractivity contribution in [3.05, 3.63) is 29.3 Å². The van der Waals surface area contributed by atoms with Gasteiger partial charge in [0.2, 0.25) is 5.71 Å². The van der Waals surface area contributed by atoms with Gasteiger partial charge >= 0.3 is 0 Å². The van der Waals surface area contributed by atoms with Crippen LogP contribution in [-0.4, -0.2) is 23.0 Å². The van der Waals surface area contributed by atoms with E-state index >= 15 is 0 Å². The summed E-state index contributed by atoms with van der Waals surface area (Å²) in [5.74, 6) is -0.499. The number of hydrazone groups is 1. The molecular weight excluding hydrogens is 268 g/mol. The maximum absolute atomic E-state index is 12.0. The molecule has 1 heterocycles. The second kappa shape index (κ2) is 5.25. The molecule has 1 aromatic carbocycles. The average molecular weight is 284 g/mol. The zero-order valence-electron chi connectivity index (χ0n) is 11.8. The van der Waals surface area contributed by atoms with Gasteiger partial charge in [0, 0.05) is 11.1 Å². The number of fused-ring (bicyclic) bond motifs is 1. The van der Waals surface area contributed by atoms with Crippen LogP contribution in [0.2, 0.25) is 0 Å². The van der Waals surface area contributed by atoms with Crippen LogP contribution in [0.5, 0.6) is 0 Å². The largest absolute Gasteiger partial charge is 0.382 e. The Morgan fingerprint density at radius 3 is 2.90 bits per heavy atom. The Morgan fingerprint density at radius 1 is 1.57 bits per heavy atom. The molecule has 5 N–H and O–H groups in total. The number of rotatable bonds is 3. The number of hydrogen-bond acceptors (Lipinski definition) is 5. The number of nitriles is 1. The van der Waals surface area contributed by atoms with Crippen molar-refractivity contribution in [1.29, 1.82) is 10.7 Å². The van der Waals surface area contributed by atoms with Gasteiger partial charge in [0.25, 0.3) is 5.91 Å². The van der Waals surface area contributed by atoms with Crippen LogP contribution in [-0.2, 0) is 6.42 Å². The van der Waals surface area contributed by atoms with Gasteiger partial charge in [0.15, 0.2) is 5.84 Å². The summed E-state index contributed by atoms with van der Waals surface area (Å²) in [6.45, 7) is 3.91. The van der Waals surface area contributed by atoms with E-state index in [0.29, 0.717) is 17.7 Å². The van der Waals surface area contributed by atoms with Gasteiger partial charge in [-0.3, -0.25) is 15.6 Å². The predicted octanol–water partition coefficient (Wildman–Crippen LogP) is 0.979. The maximum Gasteiger partial charge on any atom is 0.251 e. The van der Waals surface area contributed by atoms with E-state index in [1.54, 1.807) is 18.2 Å². The number of carbonyl (C=O) groups is 1. The van der Waals surface area contributed by atoms with Gasteiger partial charge < -0.3 is 11.1 Å². The third-order valence-electron chi connectivity index (χ3n) is 3.09. The van der Waals surface area contributed by atoms with Gasteiger partial charge in [-0.2, -0.15) is 10.4 Å². The first-order chi connectivity index (χ1) is 9.82. The van der Waals surface area contributed by atoms with Crippen LogP contribution < -0.4 is 16.5 Å². The van der Waals surface area contributed by atoms with E-state index in [4.69, 9.17) is 16.4 Å². The highest BCUT2D eigenvalue weighted by Gasteiger charge is 2.29. The Morgan fingerprint density at radius 2 is 2.29 bits per heavy atom. The van der Waals surface area contributed by atoms with Crippen molar-refractivity contribution in [3.63, 3.8) is 0 Å². The summed E-state index contributed by atoms with van der Waals surface area (Å²) in [4.78, 5) is 12.0. The molecule has 1 aliphatic heterocycles. The summed E-state index contributed by atoms with van der Waals surface area (Å²) in [6, 6.07) is 6.94. The summed E-state index contributed by atoms with van der Waals surface area (Å²) in [7, 11) is 0. The number of carbonyl (C=O) groups excluding carboxylic acids is 1. The van der Waals surface area contributed by atoms with Crippen molar-refractivity contribution in [2.45, 2.75) is 25.8 Å². The lowest BCUT2D eigenvalue weighted by Crippen LogP contribution is -2.49. The van der Waals surface area contributed by atoms with E-state index in [0.717, 1.165) is 5.56 Å². The molecular formula is C14H16N6O. The van der Waals surface area contributed by atoms with Crippen molar-refractivity contribution in [2.24, 2.45) is 10.8 Å². The number of nitrogens with two attached hydrogens (primary N) is 1. The van der Waals surface area contributed by atoms with Crippen LogP contribution in [0.4, 0.5) is 5.69 Å². The molecule has 1 aromatic rings. The van der Waals surface area contributed by atoms with Crippen molar-refractivity contribution >= 4 is 23.1 Å². The topological polar surface area (TPSA) is 127 Å². The molecule has 1 aliphatic rings. The lowest BCUT2D eigenvalue weighted by atomic mass is 9.87. The summed E-state index contributed by atoms with van der Waals surface area (Å²) < 4.78 is 0. The number of amides is 1. The highest BCUT2D eigenvalue weighted by atomic mass is 16.1. The van der Waals surface area contributed by atoms with Crippen LogP contribution in [0.15, 0.2) is 23.3 Å². The van der Waals surface area contributed by atoms with Crippen LogP contribution in [0.3, 0.4) is 0 Å². The number of benzene rings is 1. The Labute approximate surface area is 122 Å². The molecule has 0 saturated heterocycles. The van der Waals surface area contributed by atoms with Crippen LogP contribution in [0, 0.1) is 16.7 Å². The number of nitrogens with one attached hydrogen (secondary N) is 3. The lowest BCUT2D eigenvalue weighted by molar-refractivity contribution is 0.0897. The van der Waals surface area contributed by atoms with E-state index in [2.05, 4.69) is 15.8 Å². The fraction of sp³-hybridized carbons (Fsp3) is 0.286. The van der Waals surface area contributed by atoms with Gasteiger partial charge in [-0.1, -0.05) is 0 Å². The summed E-state index contributed by atoms with van der Waals surface area (Å²) in [5, 5.41) is 22.7. The van der Waals surface area contributed by atoms with Crippen LogP contribution in [0.25, 0.3) is 0 Å². The van der Waals surface area contributed by atoms with Crippen molar-refractivity contribution in [3.8, 4) is 6.07 Å². The average Bonchev–Trinajstić information content (AvgIpc) is 2.37. The highest BCUT2D eigenvalue weighted by Crippen LogP contribution is 2.25. The van der Waals surface area contributed by atoms with Gasteiger partial charge in [0.05, 0.1) is 5.69 Å². The zero-order valence-corrected chi connectivity index (χ0v) is 11.8. The van der Waals surface area contributed by atoms with Gasteiger partial charge in [-0.05, 0) is 44.0 Å². The standard InChI is InChI=1S/C14H16N6O/c1-14(2)6-8-5-9(3-4-10(8)13(21)18-14)19-20-11(7-15)12(16)17/h3-5,19H,6H2,1-2H3,(H3,16,17)(H,18,21)/b20-11+. The number of hydrogen-bond donors (Lipinski definition) is 4. The first-order valence-corrected chi connectivity index (χ1v) is 6.36. The summed E-state index contributed by atoms with van der Waals surface area (Å²) in [6.07, 6.45) is 0.700. The monoisotopic (exact) mass is 284 g/mol. The van der Waals surface area contributed by atoms with Crippen molar-refractivity contribution in [1.82, 2.24) is 5.32 Å². The molecule has 2 rings (SSSR count). The Hall–Kier alpha value is -2.88. The predicted molar refractivity (Wildman–Crippen MR) is 80.3 cm³/mol. The van der Waals surface area contributed by atoms with Crippen molar-refractivity contribution < 1.29 is 4.79 Å². The third-order valence-corrected chi connectivity index (χ3v) is 3.09. The summed E-state index contributed by atoms with van der Waals surface area (Å²) >= 11 is 0. The van der Waals surface area contributed by atoms with E-state index in [-0.39, 0.29) is 17.2 Å². The lowest BCUT2D eigenvalue weighted by Gasteiger charge is -2.32. The van der Waals surface area contributed by atoms with Crippen LogP contribution in [0.1, 0.15) is 29.8 Å². The van der Waals surface area contributed by atoms with E-state index in [1.807, 2.05) is 19.9 Å². The molecule has 7 heteroatoms. The van der Waals surface area contributed by atoms with Crippen LogP contribution >= 0.6 is 0 Å². The van der Waals surface area contributed by atoms with Gasteiger partial charge in [-0.15, -0.1) is 0 Å². The molecule has 7 nitrogen and oxygen atoms in total. The van der Waals surface area contributed by atoms with E-state index in [9.17, 15) is 4.79 Å². The third kappa shape index (κ3) is 3.17. The first kappa shape index (κ1) is 14.5. The minimum atomic E-state index is -0.400. The van der Waals surface area contributed by atoms with E-state index < -0.39 is 5.84 Å². The minimum Gasteiger partial charge on any atom is -0.382 e. The Balaban J connectivity index is 2.28. The van der Waals surface area contributed by atoms with E-state index in [1.165, 1.54) is 0 Å². The molecule has 0 aliphatic carbocycles. The second-order valence-corrected chi connectivity index (χ2v) is 5.48. The molecule has 0 fully saturated rings. The molecule has 0 bridgehead atoms. The molecule has 0 spiro atoms. The molecule has 0 saturated carbocycles. The number of anilines is 1. The quantitative estimate of drug-likeness (QED) is 0.375. The number of nitrogens with zero attached hydrogens (tertiary/aromatic N) is 2. The molecule has 0 unspecified atom stereocenters. The van der Waals surface area contributed by atoms with Gasteiger partial charge in [-0.25, -0.2) is 0 Å². The molecule has 0 atom stereocenters. The molecule has 0 radical (unpaired) electrons. The first-order valence-electron chi connectivity index (χ1n) is 6.36. The zero-order chi connectivity index (χ0) is 15.6. The Kier molecular flexibility index (Phi) is 3.63. The summed E-state index contributed by atoms with van der Waals surface area (Å²) in [5.41, 5.74) is 9.58. The Bertz CT molecular complexity index is 683. The van der Waals surface area contributed by atoms with Gasteiger partial charge in [0.1, 0.15) is 6.07 Å². The molecule has 1 amide bonds. The minimum absolute atomic E-state index is 0.0993. The fourth-order valence-electron chi connectivity index (χ4n) is 2.19. The maximum atomic E-state index is 12.0. The normalized spacial score (nSPS) is 16.4. The highest BCUT2D eigenvalue weighted by molar-refractivity contribution is 6.45. The number of amidine groups is 1.